The Morgan fingerprint density at radius 3 is 2.82 bits per heavy atom. The van der Waals surface area contributed by atoms with E-state index in [0.717, 1.165) is 10.4 Å². The van der Waals surface area contributed by atoms with Crippen LogP contribution in [-0.2, 0) is 27.4 Å². The molecular formula is C16H16ClNO3S. The van der Waals surface area contributed by atoms with E-state index in [9.17, 15) is 9.59 Å². The molecule has 6 heteroatoms. The van der Waals surface area contributed by atoms with Crippen molar-refractivity contribution in [1.29, 1.82) is 0 Å². The molecule has 1 heterocycles. The van der Waals surface area contributed by atoms with Crippen molar-refractivity contribution in [3.63, 3.8) is 0 Å². The number of benzene rings is 1. The fraction of sp³-hybridized carbons (Fsp3) is 0.250. The van der Waals surface area contributed by atoms with Crippen LogP contribution in [0, 0.1) is 0 Å². The maximum Gasteiger partial charge on any atom is 0.328 e. The van der Waals surface area contributed by atoms with Gasteiger partial charge in [0.15, 0.2) is 0 Å². The summed E-state index contributed by atoms with van der Waals surface area (Å²) >= 11 is 7.39. The minimum Gasteiger partial charge on any atom is -0.458 e. The van der Waals surface area contributed by atoms with Gasteiger partial charge in [-0.2, -0.15) is 0 Å². The summed E-state index contributed by atoms with van der Waals surface area (Å²) in [7, 11) is 0. The fourth-order valence-electron chi connectivity index (χ4n) is 1.85. The van der Waals surface area contributed by atoms with Crippen LogP contribution in [0.1, 0.15) is 17.4 Å². The number of carbonyl (C=O) groups is 2. The first-order valence-corrected chi connectivity index (χ1v) is 8.03. The van der Waals surface area contributed by atoms with Gasteiger partial charge in [0.05, 0.1) is 6.42 Å². The molecule has 0 saturated heterocycles. The van der Waals surface area contributed by atoms with Crippen LogP contribution in [0.2, 0.25) is 5.02 Å². The van der Waals surface area contributed by atoms with E-state index in [0.29, 0.717) is 5.02 Å². The van der Waals surface area contributed by atoms with Crippen LogP contribution < -0.4 is 5.32 Å². The second kappa shape index (κ2) is 7.96. The average molecular weight is 338 g/mol. The Labute approximate surface area is 138 Å². The molecule has 0 aliphatic rings. The van der Waals surface area contributed by atoms with Gasteiger partial charge in [-0.1, -0.05) is 29.8 Å². The third kappa shape index (κ3) is 5.16. The Hall–Kier alpha value is -1.85. The molecule has 1 amide bonds. The highest BCUT2D eigenvalue weighted by atomic mass is 35.5. The Morgan fingerprint density at radius 2 is 2.14 bits per heavy atom. The van der Waals surface area contributed by atoms with Gasteiger partial charge in [0, 0.05) is 9.90 Å². The molecule has 0 saturated carbocycles. The number of hydrogen-bond acceptors (Lipinski definition) is 4. The van der Waals surface area contributed by atoms with Crippen LogP contribution in [0.25, 0.3) is 0 Å². The maximum absolute atomic E-state index is 11.9. The van der Waals surface area contributed by atoms with Crippen LogP contribution in [0.3, 0.4) is 0 Å². The van der Waals surface area contributed by atoms with Gasteiger partial charge in [0.2, 0.25) is 5.91 Å². The average Bonchev–Trinajstić information content (AvgIpc) is 2.97. The number of esters is 1. The zero-order valence-electron chi connectivity index (χ0n) is 12.0. The van der Waals surface area contributed by atoms with Crippen molar-refractivity contribution in [1.82, 2.24) is 5.32 Å². The number of nitrogens with one attached hydrogen (secondary N) is 1. The van der Waals surface area contributed by atoms with Crippen molar-refractivity contribution in [2.24, 2.45) is 0 Å². The normalized spacial score (nSPS) is 11.7. The Balaban J connectivity index is 1.79. The number of thiophene rings is 1. The highest BCUT2D eigenvalue weighted by Crippen LogP contribution is 2.12. The molecule has 1 N–H and O–H groups in total. The second-order valence-corrected chi connectivity index (χ2v) is 6.25. The smallest absolute Gasteiger partial charge is 0.328 e. The molecule has 0 spiro atoms. The first kappa shape index (κ1) is 16.5. The monoisotopic (exact) mass is 337 g/mol. The van der Waals surface area contributed by atoms with Crippen molar-refractivity contribution in [2.45, 2.75) is 26.0 Å². The minimum absolute atomic E-state index is 0.170. The third-order valence-corrected chi connectivity index (χ3v) is 4.01. The minimum atomic E-state index is -0.688. The Morgan fingerprint density at radius 1 is 1.32 bits per heavy atom. The summed E-state index contributed by atoms with van der Waals surface area (Å²) in [4.78, 5) is 24.7. The van der Waals surface area contributed by atoms with Crippen LogP contribution in [0.15, 0.2) is 41.8 Å². The lowest BCUT2D eigenvalue weighted by Crippen LogP contribution is -2.40. The van der Waals surface area contributed by atoms with Gasteiger partial charge in [-0.3, -0.25) is 4.79 Å². The second-order valence-electron chi connectivity index (χ2n) is 4.78. The molecule has 2 rings (SSSR count). The SMILES string of the molecule is C[C@H](NC(=O)Cc1cccc(Cl)c1)C(=O)OCc1cccs1. The number of carbonyl (C=O) groups excluding carboxylic acids is 2. The topological polar surface area (TPSA) is 55.4 Å². The summed E-state index contributed by atoms with van der Waals surface area (Å²) in [5.41, 5.74) is 0.796. The molecule has 0 aliphatic carbocycles. The molecule has 1 aromatic carbocycles. The van der Waals surface area contributed by atoms with Crippen LogP contribution >= 0.6 is 22.9 Å². The molecule has 0 aliphatic heterocycles. The predicted molar refractivity (Wildman–Crippen MR) is 86.9 cm³/mol. The van der Waals surface area contributed by atoms with Crippen molar-refractivity contribution < 1.29 is 14.3 Å². The van der Waals surface area contributed by atoms with E-state index in [2.05, 4.69) is 5.32 Å². The molecule has 0 bridgehead atoms. The van der Waals surface area contributed by atoms with E-state index in [4.69, 9.17) is 16.3 Å². The maximum atomic E-state index is 11.9. The molecule has 116 valence electrons. The van der Waals surface area contributed by atoms with Crippen molar-refractivity contribution in [2.75, 3.05) is 0 Å². The molecule has 0 unspecified atom stereocenters. The summed E-state index contributed by atoms with van der Waals surface area (Å²) in [6, 6.07) is 10.2. The Kier molecular flexibility index (Phi) is 5.98. The van der Waals surface area contributed by atoms with Crippen LogP contribution in [0.5, 0.6) is 0 Å². The summed E-state index contributed by atoms with van der Waals surface area (Å²) < 4.78 is 5.15. The van der Waals surface area contributed by atoms with E-state index >= 15 is 0 Å². The molecular weight excluding hydrogens is 322 g/mol. The summed E-state index contributed by atoms with van der Waals surface area (Å²) in [6.07, 6.45) is 0.170. The van der Waals surface area contributed by atoms with E-state index in [-0.39, 0.29) is 18.9 Å². The van der Waals surface area contributed by atoms with E-state index in [1.165, 1.54) is 11.3 Å². The first-order chi connectivity index (χ1) is 10.5. The molecule has 0 radical (unpaired) electrons. The Bertz CT molecular complexity index is 643. The van der Waals surface area contributed by atoms with Crippen molar-refractivity contribution in [3.05, 3.63) is 57.2 Å². The lowest BCUT2D eigenvalue weighted by atomic mass is 10.1. The molecule has 2 aromatic rings. The summed E-state index contributed by atoms with van der Waals surface area (Å²) in [5, 5.41) is 5.12. The molecule has 1 aromatic heterocycles. The van der Waals surface area contributed by atoms with E-state index in [1.807, 2.05) is 23.6 Å². The molecule has 0 fully saturated rings. The van der Waals surface area contributed by atoms with Gasteiger partial charge in [0.1, 0.15) is 12.6 Å². The zero-order valence-corrected chi connectivity index (χ0v) is 13.6. The van der Waals surface area contributed by atoms with Crippen molar-refractivity contribution in [3.8, 4) is 0 Å². The first-order valence-electron chi connectivity index (χ1n) is 6.77. The molecule has 22 heavy (non-hydrogen) atoms. The quantitative estimate of drug-likeness (QED) is 0.824. The molecule has 1 atom stereocenters. The predicted octanol–water partition coefficient (Wildman–Crippen LogP) is 3.19. The lowest BCUT2D eigenvalue weighted by Gasteiger charge is -2.13. The van der Waals surface area contributed by atoms with Crippen LogP contribution in [-0.4, -0.2) is 17.9 Å². The fourth-order valence-corrected chi connectivity index (χ4v) is 2.67. The lowest BCUT2D eigenvalue weighted by molar-refractivity contribution is -0.148. The third-order valence-electron chi connectivity index (χ3n) is 2.92. The largest absolute Gasteiger partial charge is 0.458 e. The van der Waals surface area contributed by atoms with Crippen molar-refractivity contribution >= 4 is 34.8 Å². The van der Waals surface area contributed by atoms with Crippen LogP contribution in [0.4, 0.5) is 0 Å². The number of ether oxygens (including phenoxy) is 1. The van der Waals surface area contributed by atoms with Gasteiger partial charge in [-0.15, -0.1) is 11.3 Å². The zero-order chi connectivity index (χ0) is 15.9. The van der Waals surface area contributed by atoms with Gasteiger partial charge >= 0.3 is 5.97 Å². The highest BCUT2D eigenvalue weighted by Gasteiger charge is 2.17. The number of hydrogen-bond donors (Lipinski definition) is 1. The van der Waals surface area contributed by atoms with Gasteiger partial charge in [0.25, 0.3) is 0 Å². The number of rotatable bonds is 6. The van der Waals surface area contributed by atoms with E-state index < -0.39 is 12.0 Å². The highest BCUT2D eigenvalue weighted by molar-refractivity contribution is 7.09. The van der Waals surface area contributed by atoms with E-state index in [1.54, 1.807) is 25.1 Å². The standard InChI is InChI=1S/C16H16ClNO3S/c1-11(16(20)21-10-14-6-3-7-22-14)18-15(19)9-12-4-2-5-13(17)8-12/h2-8,11H,9-10H2,1H3,(H,18,19)/t11-/m0/s1. The van der Waals surface area contributed by atoms with Gasteiger partial charge in [-0.05, 0) is 36.1 Å². The van der Waals surface area contributed by atoms with Gasteiger partial charge < -0.3 is 10.1 Å². The number of amides is 1. The summed E-state index contributed by atoms with van der Waals surface area (Å²) in [6.45, 7) is 1.83. The summed E-state index contributed by atoms with van der Waals surface area (Å²) in [5.74, 6) is -0.698. The molecule has 4 nitrogen and oxygen atoms in total. The number of halogens is 1. The van der Waals surface area contributed by atoms with Gasteiger partial charge in [-0.25, -0.2) is 4.79 Å².